The van der Waals surface area contributed by atoms with Crippen molar-refractivity contribution >= 4 is 34.2 Å². The summed E-state index contributed by atoms with van der Waals surface area (Å²) >= 11 is 2.23. The number of aromatic nitrogens is 3. The Hall–Kier alpha value is -1.44. The maximum atomic E-state index is 11.7. The fourth-order valence-corrected chi connectivity index (χ4v) is 1.92. The van der Waals surface area contributed by atoms with Gasteiger partial charge in [-0.25, -0.2) is 0 Å². The van der Waals surface area contributed by atoms with E-state index in [1.165, 1.54) is 0 Å². The number of amides is 1. The molecule has 0 aliphatic heterocycles. The van der Waals surface area contributed by atoms with Gasteiger partial charge in [-0.1, -0.05) is 0 Å². The van der Waals surface area contributed by atoms with Gasteiger partial charge in [0.05, 0.1) is 16.3 Å². The summed E-state index contributed by atoms with van der Waals surface area (Å²) < 4.78 is 2.95. The van der Waals surface area contributed by atoms with Crippen molar-refractivity contribution in [3.8, 4) is 0 Å². The Bertz CT molecular complexity index is 538. The summed E-state index contributed by atoms with van der Waals surface area (Å²) in [4.78, 5) is 15.6. The van der Waals surface area contributed by atoms with Crippen LogP contribution >= 0.6 is 22.6 Å². The van der Waals surface area contributed by atoms with E-state index in [9.17, 15) is 4.79 Å². The van der Waals surface area contributed by atoms with Gasteiger partial charge in [-0.3, -0.25) is 14.5 Å². The number of carbonyl (C=O) groups is 1. The predicted octanol–water partition coefficient (Wildman–Crippen LogP) is 2.22. The number of rotatable bonds is 4. The van der Waals surface area contributed by atoms with E-state index in [2.05, 4.69) is 38.0 Å². The van der Waals surface area contributed by atoms with E-state index in [4.69, 9.17) is 0 Å². The summed E-state index contributed by atoms with van der Waals surface area (Å²) in [6, 6.07) is 3.53. The number of pyridine rings is 1. The Labute approximate surface area is 119 Å². The lowest BCUT2D eigenvalue weighted by Gasteiger charge is -2.06. The van der Waals surface area contributed by atoms with Crippen molar-refractivity contribution in [3.63, 3.8) is 0 Å². The van der Waals surface area contributed by atoms with Gasteiger partial charge in [0.2, 0.25) is 5.91 Å². The summed E-state index contributed by atoms with van der Waals surface area (Å²) in [6.07, 6.45) is 5.50. The molecule has 0 bridgehead atoms. The number of carbonyl (C=O) groups excluding carboxylic acids is 1. The number of nitrogens with one attached hydrogen (secondary N) is 1. The van der Waals surface area contributed by atoms with E-state index in [1.54, 1.807) is 30.7 Å². The molecule has 2 aromatic rings. The van der Waals surface area contributed by atoms with Crippen LogP contribution in [0.4, 0.5) is 5.69 Å². The lowest BCUT2D eigenvalue weighted by Crippen LogP contribution is -2.15. The highest BCUT2D eigenvalue weighted by atomic mass is 127. The number of anilines is 1. The van der Waals surface area contributed by atoms with Crippen LogP contribution < -0.4 is 5.32 Å². The molecule has 2 rings (SSSR count). The standard InChI is InChI=1S/C12H13IN4O/c1-9-11(13)8-15-17(9)7-4-12(18)16-10-2-5-14-6-3-10/h2-3,5-6,8H,4,7H2,1H3,(H,14,16,18). The van der Waals surface area contributed by atoms with E-state index >= 15 is 0 Å². The molecule has 1 N–H and O–H groups in total. The molecule has 0 saturated carbocycles. The van der Waals surface area contributed by atoms with Crippen molar-refractivity contribution < 1.29 is 4.79 Å². The molecule has 18 heavy (non-hydrogen) atoms. The quantitative estimate of drug-likeness (QED) is 0.855. The topological polar surface area (TPSA) is 59.8 Å². The summed E-state index contributed by atoms with van der Waals surface area (Å²) in [5, 5.41) is 7.03. The van der Waals surface area contributed by atoms with Crippen LogP contribution in [0.3, 0.4) is 0 Å². The third-order valence-corrected chi connectivity index (χ3v) is 3.62. The van der Waals surface area contributed by atoms with Crippen molar-refractivity contribution in [1.82, 2.24) is 14.8 Å². The van der Waals surface area contributed by atoms with E-state index in [0.29, 0.717) is 13.0 Å². The van der Waals surface area contributed by atoms with Gasteiger partial charge >= 0.3 is 0 Å². The summed E-state index contributed by atoms with van der Waals surface area (Å²) in [5.74, 6) is -0.0221. The maximum absolute atomic E-state index is 11.7. The van der Waals surface area contributed by atoms with Gasteiger partial charge in [0.25, 0.3) is 0 Å². The van der Waals surface area contributed by atoms with E-state index < -0.39 is 0 Å². The van der Waals surface area contributed by atoms with Crippen LogP contribution in [0.5, 0.6) is 0 Å². The summed E-state index contributed by atoms with van der Waals surface area (Å²) in [5.41, 5.74) is 1.86. The molecule has 0 aliphatic carbocycles. The van der Waals surface area contributed by atoms with E-state index in [-0.39, 0.29) is 5.91 Å². The molecule has 94 valence electrons. The SMILES string of the molecule is Cc1c(I)cnn1CCC(=O)Nc1ccncc1. The van der Waals surface area contributed by atoms with Crippen LogP contribution in [0.1, 0.15) is 12.1 Å². The van der Waals surface area contributed by atoms with Crippen LogP contribution in [-0.4, -0.2) is 20.7 Å². The van der Waals surface area contributed by atoms with Gasteiger partial charge in [0.15, 0.2) is 0 Å². The number of aryl methyl sites for hydroxylation is 1. The Balaban J connectivity index is 1.87. The first-order valence-electron chi connectivity index (χ1n) is 5.54. The average Bonchev–Trinajstić information content (AvgIpc) is 2.69. The van der Waals surface area contributed by atoms with Crippen molar-refractivity contribution in [2.45, 2.75) is 19.9 Å². The van der Waals surface area contributed by atoms with Gasteiger partial charge in [0.1, 0.15) is 0 Å². The Morgan fingerprint density at radius 1 is 1.44 bits per heavy atom. The zero-order valence-corrected chi connectivity index (χ0v) is 12.1. The molecule has 6 heteroatoms. The first-order valence-corrected chi connectivity index (χ1v) is 6.62. The van der Waals surface area contributed by atoms with Crippen LogP contribution in [0, 0.1) is 10.5 Å². The zero-order chi connectivity index (χ0) is 13.0. The molecule has 0 aliphatic rings. The summed E-state index contributed by atoms with van der Waals surface area (Å²) in [6.45, 7) is 2.58. The molecule has 1 amide bonds. The minimum atomic E-state index is -0.0221. The van der Waals surface area contributed by atoms with Crippen molar-refractivity contribution in [1.29, 1.82) is 0 Å². The Morgan fingerprint density at radius 3 is 2.78 bits per heavy atom. The van der Waals surface area contributed by atoms with E-state index in [0.717, 1.165) is 15.0 Å². The van der Waals surface area contributed by atoms with Crippen molar-refractivity contribution in [2.75, 3.05) is 5.32 Å². The van der Waals surface area contributed by atoms with Gasteiger partial charge < -0.3 is 5.32 Å². The zero-order valence-electron chi connectivity index (χ0n) is 9.93. The fraction of sp³-hybridized carbons (Fsp3) is 0.250. The number of halogens is 1. The van der Waals surface area contributed by atoms with E-state index in [1.807, 2.05) is 11.6 Å². The molecule has 0 radical (unpaired) electrons. The number of nitrogens with zero attached hydrogens (tertiary/aromatic N) is 3. The van der Waals surface area contributed by atoms with Crippen molar-refractivity contribution in [2.24, 2.45) is 0 Å². The molecule has 0 unspecified atom stereocenters. The fourth-order valence-electron chi connectivity index (χ4n) is 1.52. The first kappa shape index (κ1) is 13.0. The second-order valence-electron chi connectivity index (χ2n) is 3.84. The second kappa shape index (κ2) is 5.94. The lowest BCUT2D eigenvalue weighted by atomic mass is 10.3. The van der Waals surface area contributed by atoms with Gasteiger partial charge in [-0.2, -0.15) is 5.10 Å². The lowest BCUT2D eigenvalue weighted by molar-refractivity contribution is -0.116. The highest BCUT2D eigenvalue weighted by Gasteiger charge is 2.06. The molecule has 0 saturated heterocycles. The molecule has 0 atom stereocenters. The predicted molar refractivity (Wildman–Crippen MR) is 77.2 cm³/mol. The first-order chi connectivity index (χ1) is 8.66. The Kier molecular flexibility index (Phi) is 4.29. The highest BCUT2D eigenvalue weighted by Crippen LogP contribution is 2.10. The molecule has 0 aromatic carbocycles. The molecular formula is C12H13IN4O. The molecular weight excluding hydrogens is 343 g/mol. The smallest absolute Gasteiger partial charge is 0.226 e. The van der Waals surface area contributed by atoms with Crippen LogP contribution in [0.15, 0.2) is 30.7 Å². The average molecular weight is 356 g/mol. The maximum Gasteiger partial charge on any atom is 0.226 e. The van der Waals surface area contributed by atoms with Crippen LogP contribution in [0.25, 0.3) is 0 Å². The minimum absolute atomic E-state index is 0.0221. The Morgan fingerprint density at radius 2 is 2.17 bits per heavy atom. The molecule has 2 aromatic heterocycles. The van der Waals surface area contributed by atoms with Crippen LogP contribution in [0.2, 0.25) is 0 Å². The molecule has 0 spiro atoms. The largest absolute Gasteiger partial charge is 0.326 e. The molecule has 5 nitrogen and oxygen atoms in total. The third kappa shape index (κ3) is 3.28. The number of hydrogen-bond acceptors (Lipinski definition) is 3. The minimum Gasteiger partial charge on any atom is -0.326 e. The summed E-state index contributed by atoms with van der Waals surface area (Å²) in [7, 11) is 0. The second-order valence-corrected chi connectivity index (χ2v) is 5.00. The van der Waals surface area contributed by atoms with Gasteiger partial charge in [-0.05, 0) is 41.6 Å². The number of hydrogen-bond donors (Lipinski definition) is 1. The van der Waals surface area contributed by atoms with Crippen molar-refractivity contribution in [3.05, 3.63) is 40.0 Å². The monoisotopic (exact) mass is 356 g/mol. The third-order valence-electron chi connectivity index (χ3n) is 2.56. The molecule has 2 heterocycles. The highest BCUT2D eigenvalue weighted by molar-refractivity contribution is 14.1. The normalized spacial score (nSPS) is 10.3. The van der Waals surface area contributed by atoms with Gasteiger partial charge in [0, 0.05) is 30.2 Å². The van der Waals surface area contributed by atoms with Gasteiger partial charge in [-0.15, -0.1) is 0 Å². The van der Waals surface area contributed by atoms with Crippen LogP contribution in [-0.2, 0) is 11.3 Å². The molecule has 0 fully saturated rings.